The lowest BCUT2D eigenvalue weighted by Gasteiger charge is -2.18. The van der Waals surface area contributed by atoms with Crippen LogP contribution in [0.25, 0.3) is 22.4 Å². The molecule has 2 aromatic heterocycles. The van der Waals surface area contributed by atoms with E-state index in [1.807, 2.05) is 0 Å². The van der Waals surface area contributed by atoms with E-state index in [1.165, 1.54) is 36.7 Å². The van der Waals surface area contributed by atoms with Crippen LogP contribution in [0.15, 0.2) is 67.0 Å². The number of rotatable bonds is 11. The SMILES string of the molecule is Cc1c(NC(=O)c2ccc(CN(CCO)C(=O)O)cn2)cccc1-c1ccnc(-c2ccc(C=O)c(OC(F)F)c2)c1Cl. The molecule has 222 valence electrons. The number of anilines is 1. The van der Waals surface area contributed by atoms with Crippen molar-refractivity contribution in [1.29, 1.82) is 0 Å². The zero-order valence-electron chi connectivity index (χ0n) is 22.6. The first-order valence-corrected chi connectivity index (χ1v) is 13.1. The van der Waals surface area contributed by atoms with Crippen LogP contribution in [0.4, 0.5) is 19.3 Å². The molecule has 2 amide bonds. The molecule has 0 aliphatic heterocycles. The molecule has 0 fully saturated rings. The third kappa shape index (κ3) is 7.29. The summed E-state index contributed by atoms with van der Waals surface area (Å²) in [6.07, 6.45) is 2.11. The fraction of sp³-hybridized carbons (Fsp3) is 0.167. The average Bonchev–Trinajstić information content (AvgIpc) is 2.98. The van der Waals surface area contributed by atoms with Crippen molar-refractivity contribution in [1.82, 2.24) is 14.9 Å². The number of carbonyl (C=O) groups is 3. The molecule has 0 atom stereocenters. The number of amides is 2. The number of halogens is 3. The van der Waals surface area contributed by atoms with E-state index in [0.29, 0.717) is 39.8 Å². The number of carboxylic acid groups (broad SMARTS) is 1. The van der Waals surface area contributed by atoms with Crippen LogP contribution in [0.1, 0.15) is 32.0 Å². The number of benzene rings is 2. The fourth-order valence-corrected chi connectivity index (χ4v) is 4.64. The lowest BCUT2D eigenvalue weighted by molar-refractivity contribution is -0.0500. The smallest absolute Gasteiger partial charge is 0.407 e. The van der Waals surface area contributed by atoms with Gasteiger partial charge in [0.25, 0.3) is 5.91 Å². The summed E-state index contributed by atoms with van der Waals surface area (Å²) < 4.78 is 30.3. The van der Waals surface area contributed by atoms with Crippen LogP contribution in [0, 0.1) is 6.92 Å². The molecular formula is C30H25ClF2N4O6. The van der Waals surface area contributed by atoms with Crippen molar-refractivity contribution in [2.75, 3.05) is 18.5 Å². The van der Waals surface area contributed by atoms with Crippen molar-refractivity contribution in [3.8, 4) is 28.1 Å². The van der Waals surface area contributed by atoms with E-state index in [-0.39, 0.29) is 47.4 Å². The molecule has 4 aromatic rings. The predicted octanol–water partition coefficient (Wildman–Crippen LogP) is 5.91. The minimum Gasteiger partial charge on any atom is -0.465 e. The molecule has 2 heterocycles. The Kier molecular flexibility index (Phi) is 9.96. The number of aliphatic hydroxyl groups is 1. The Morgan fingerprint density at radius 3 is 2.56 bits per heavy atom. The summed E-state index contributed by atoms with van der Waals surface area (Å²) in [4.78, 5) is 45.0. The van der Waals surface area contributed by atoms with Gasteiger partial charge in [0.2, 0.25) is 0 Å². The standard InChI is InChI=1S/C30H25ClF2N4O6/c1-17-21(22-9-10-34-27(26(22)31)19-6-7-20(16-39)25(13-19)43-29(32)33)3-2-4-23(17)36-28(40)24-8-5-18(14-35-24)15-37(11-12-38)30(41)42/h2-10,13-14,16,29,38H,11-12,15H2,1H3,(H,36,40)(H,41,42). The van der Waals surface area contributed by atoms with E-state index in [4.69, 9.17) is 16.7 Å². The topological polar surface area (TPSA) is 142 Å². The molecule has 10 nitrogen and oxygen atoms in total. The Bertz CT molecular complexity index is 1650. The maximum Gasteiger partial charge on any atom is 0.407 e. The van der Waals surface area contributed by atoms with Crippen molar-refractivity contribution in [2.45, 2.75) is 20.1 Å². The first-order chi connectivity index (χ1) is 20.6. The molecule has 43 heavy (non-hydrogen) atoms. The van der Waals surface area contributed by atoms with E-state index in [0.717, 1.165) is 4.90 Å². The van der Waals surface area contributed by atoms with Crippen molar-refractivity contribution in [2.24, 2.45) is 0 Å². The molecule has 4 rings (SSSR count). The van der Waals surface area contributed by atoms with E-state index in [1.54, 1.807) is 37.3 Å². The van der Waals surface area contributed by atoms with E-state index in [2.05, 4.69) is 20.0 Å². The van der Waals surface area contributed by atoms with Crippen molar-refractivity contribution in [3.63, 3.8) is 0 Å². The van der Waals surface area contributed by atoms with Crippen LogP contribution in [0.3, 0.4) is 0 Å². The molecule has 0 unspecified atom stereocenters. The van der Waals surface area contributed by atoms with Gasteiger partial charge in [0.15, 0.2) is 6.29 Å². The first-order valence-electron chi connectivity index (χ1n) is 12.8. The molecule has 0 aliphatic rings. The number of pyridine rings is 2. The quantitative estimate of drug-likeness (QED) is 0.178. The molecule has 0 spiro atoms. The fourth-order valence-electron chi connectivity index (χ4n) is 4.32. The summed E-state index contributed by atoms with van der Waals surface area (Å²) in [5.41, 5.74) is 3.59. The Morgan fingerprint density at radius 2 is 1.91 bits per heavy atom. The Morgan fingerprint density at radius 1 is 1.12 bits per heavy atom. The zero-order chi connectivity index (χ0) is 31.1. The lowest BCUT2D eigenvalue weighted by atomic mass is 9.97. The minimum absolute atomic E-state index is 0.00239. The van der Waals surface area contributed by atoms with Crippen molar-refractivity contribution < 1.29 is 38.1 Å². The van der Waals surface area contributed by atoms with Gasteiger partial charge in [-0.3, -0.25) is 19.6 Å². The van der Waals surface area contributed by atoms with Gasteiger partial charge in [0.05, 0.1) is 29.4 Å². The van der Waals surface area contributed by atoms with Gasteiger partial charge in [-0.2, -0.15) is 8.78 Å². The minimum atomic E-state index is -3.13. The summed E-state index contributed by atoms with van der Waals surface area (Å²) in [5.74, 6) is -0.807. The molecule has 3 N–H and O–H groups in total. The maximum absolute atomic E-state index is 13.0. The summed E-state index contributed by atoms with van der Waals surface area (Å²) in [6.45, 7) is -1.72. The number of ether oxygens (including phenoxy) is 1. The number of aliphatic hydroxyl groups excluding tert-OH is 1. The monoisotopic (exact) mass is 610 g/mol. The van der Waals surface area contributed by atoms with Crippen molar-refractivity contribution in [3.05, 3.63) is 94.4 Å². The summed E-state index contributed by atoms with van der Waals surface area (Å²) in [6, 6.07) is 14.1. The van der Waals surface area contributed by atoms with Crippen LogP contribution < -0.4 is 10.1 Å². The van der Waals surface area contributed by atoms with Gasteiger partial charge in [0, 0.05) is 35.8 Å². The third-order valence-electron chi connectivity index (χ3n) is 6.46. The molecule has 13 heteroatoms. The van der Waals surface area contributed by atoms with Crippen LogP contribution in [-0.2, 0) is 6.54 Å². The maximum atomic E-state index is 13.0. The van der Waals surface area contributed by atoms with Crippen LogP contribution in [0.5, 0.6) is 5.75 Å². The molecular weight excluding hydrogens is 586 g/mol. The highest BCUT2D eigenvalue weighted by atomic mass is 35.5. The lowest BCUT2D eigenvalue weighted by Crippen LogP contribution is -2.31. The number of nitrogens with zero attached hydrogens (tertiary/aromatic N) is 3. The Balaban J connectivity index is 1.59. The van der Waals surface area contributed by atoms with E-state index in [9.17, 15) is 28.3 Å². The van der Waals surface area contributed by atoms with E-state index >= 15 is 0 Å². The summed E-state index contributed by atoms with van der Waals surface area (Å²) >= 11 is 6.75. The normalized spacial score (nSPS) is 10.8. The molecule has 0 radical (unpaired) electrons. The van der Waals surface area contributed by atoms with Crippen LogP contribution in [0.2, 0.25) is 5.02 Å². The number of aromatic nitrogens is 2. The number of carbonyl (C=O) groups excluding carboxylic acids is 2. The second-order valence-corrected chi connectivity index (χ2v) is 9.56. The van der Waals surface area contributed by atoms with Crippen LogP contribution >= 0.6 is 11.6 Å². The number of hydrogen-bond acceptors (Lipinski definition) is 7. The molecule has 2 aromatic carbocycles. The largest absolute Gasteiger partial charge is 0.465 e. The number of nitrogens with one attached hydrogen (secondary N) is 1. The van der Waals surface area contributed by atoms with E-state index < -0.39 is 18.6 Å². The van der Waals surface area contributed by atoms with Gasteiger partial charge in [-0.15, -0.1) is 0 Å². The molecule has 0 saturated heterocycles. The van der Waals surface area contributed by atoms with Crippen LogP contribution in [-0.4, -0.2) is 63.1 Å². The average molecular weight is 611 g/mol. The number of hydrogen-bond donors (Lipinski definition) is 3. The second kappa shape index (κ2) is 13.8. The molecule has 0 bridgehead atoms. The number of alkyl halides is 2. The highest BCUT2D eigenvalue weighted by Crippen LogP contribution is 2.39. The second-order valence-electron chi connectivity index (χ2n) is 9.18. The zero-order valence-corrected chi connectivity index (χ0v) is 23.4. The van der Waals surface area contributed by atoms with Gasteiger partial charge in [-0.25, -0.2) is 4.79 Å². The third-order valence-corrected chi connectivity index (χ3v) is 6.85. The molecule has 0 aliphatic carbocycles. The van der Waals surface area contributed by atoms with Gasteiger partial charge >= 0.3 is 12.7 Å². The predicted molar refractivity (Wildman–Crippen MR) is 155 cm³/mol. The number of aldehydes is 1. The Labute approximate surface area is 249 Å². The Hall–Kier alpha value is -4.94. The molecule has 0 saturated carbocycles. The highest BCUT2D eigenvalue weighted by molar-refractivity contribution is 6.35. The highest BCUT2D eigenvalue weighted by Gasteiger charge is 2.19. The van der Waals surface area contributed by atoms with Gasteiger partial charge in [0.1, 0.15) is 11.4 Å². The van der Waals surface area contributed by atoms with Gasteiger partial charge in [-0.05, 0) is 53.9 Å². The first kappa shape index (κ1) is 31.0. The van der Waals surface area contributed by atoms with Gasteiger partial charge < -0.3 is 25.2 Å². The summed E-state index contributed by atoms with van der Waals surface area (Å²) in [7, 11) is 0. The van der Waals surface area contributed by atoms with Gasteiger partial charge in [-0.1, -0.05) is 35.9 Å². The summed E-state index contributed by atoms with van der Waals surface area (Å²) in [5, 5.41) is 21.3. The van der Waals surface area contributed by atoms with Crippen molar-refractivity contribution >= 4 is 35.6 Å².